The highest BCUT2D eigenvalue weighted by atomic mass is 127. The van der Waals surface area contributed by atoms with Crippen molar-refractivity contribution in [3.8, 4) is 0 Å². The fourth-order valence-corrected chi connectivity index (χ4v) is 5.76. The van der Waals surface area contributed by atoms with E-state index in [2.05, 4.69) is 56.4 Å². The first kappa shape index (κ1) is 45.1. The standard InChI is InChI=1S/C28H62N4O2.4HI/c1-29(2,3)21-23-33-27-15-13-19-31(7,25-27)17-11-9-10-12-18-32(8)20-14-16-28(26-32)34-24-22-30(4,5)6;;;;/h27-28H,9-26H2,1-8H3;4*1H/q+4;;;;/p-4. The van der Waals surface area contributed by atoms with Gasteiger partial charge in [0.1, 0.15) is 38.4 Å². The molecule has 10 heteroatoms. The summed E-state index contributed by atoms with van der Waals surface area (Å²) in [5.74, 6) is 0. The van der Waals surface area contributed by atoms with Gasteiger partial charge in [0.05, 0.1) is 95.8 Å². The Morgan fingerprint density at radius 1 is 0.579 bits per heavy atom. The second-order valence-electron chi connectivity index (χ2n) is 14.2. The van der Waals surface area contributed by atoms with E-state index in [0.717, 1.165) is 35.3 Å². The normalized spacial score (nSPS) is 27.8. The van der Waals surface area contributed by atoms with Crippen LogP contribution in [0, 0.1) is 0 Å². The number of likely N-dealkylation sites (N-methyl/N-ethyl adjacent to an activating group) is 4. The fraction of sp³-hybridized carbons (Fsp3) is 1.00. The third kappa shape index (κ3) is 20.6. The molecule has 0 saturated carbocycles. The summed E-state index contributed by atoms with van der Waals surface area (Å²) >= 11 is 0. The summed E-state index contributed by atoms with van der Waals surface area (Å²) in [6.07, 6.45) is 11.6. The molecule has 2 fully saturated rings. The Labute approximate surface area is 305 Å². The second kappa shape index (κ2) is 21.4. The summed E-state index contributed by atoms with van der Waals surface area (Å²) in [6.45, 7) is 11.7. The molecule has 234 valence electrons. The van der Waals surface area contributed by atoms with Crippen molar-refractivity contribution in [2.75, 3.05) is 122 Å². The molecule has 4 atom stereocenters. The van der Waals surface area contributed by atoms with Crippen LogP contribution in [-0.2, 0) is 9.47 Å². The molecule has 2 rings (SSSR count). The zero-order valence-corrected chi connectivity index (χ0v) is 34.6. The maximum atomic E-state index is 6.28. The molecule has 0 N–H and O–H groups in total. The molecule has 0 aromatic rings. The number of likely N-dealkylation sites (tertiary alicyclic amines) is 2. The number of rotatable bonds is 15. The number of piperidine rings is 2. The molecular weight excluding hydrogens is 932 g/mol. The van der Waals surface area contributed by atoms with Crippen molar-refractivity contribution < 1.29 is 123 Å². The van der Waals surface area contributed by atoms with Gasteiger partial charge in [0, 0.05) is 0 Å². The monoisotopic (exact) mass is 994 g/mol. The average Bonchev–Trinajstić information content (AvgIpc) is 2.69. The third-order valence-electron chi connectivity index (χ3n) is 8.11. The van der Waals surface area contributed by atoms with Crippen molar-refractivity contribution >= 4 is 0 Å². The van der Waals surface area contributed by atoms with Crippen LogP contribution in [0.25, 0.3) is 0 Å². The SMILES string of the molecule is C[N+](C)(C)CCOC1CCC[N+](C)(CCCCCC[N+]2(C)CCCC(OCC[N+](C)(C)C)C2)C1.[I-].[I-].[I-].[I-]. The molecule has 4 unspecified atom stereocenters. The van der Waals surface area contributed by atoms with Gasteiger partial charge >= 0.3 is 0 Å². The Morgan fingerprint density at radius 3 is 1.24 bits per heavy atom. The maximum Gasteiger partial charge on any atom is 0.107 e. The van der Waals surface area contributed by atoms with E-state index in [9.17, 15) is 0 Å². The van der Waals surface area contributed by atoms with Gasteiger partial charge in [-0.25, -0.2) is 0 Å². The van der Waals surface area contributed by atoms with Crippen LogP contribution in [0.3, 0.4) is 0 Å². The van der Waals surface area contributed by atoms with E-state index in [0.29, 0.717) is 12.2 Å². The van der Waals surface area contributed by atoms with Crippen molar-refractivity contribution in [2.45, 2.75) is 63.6 Å². The van der Waals surface area contributed by atoms with E-state index in [4.69, 9.17) is 9.47 Å². The Morgan fingerprint density at radius 2 is 0.921 bits per heavy atom. The van der Waals surface area contributed by atoms with Crippen LogP contribution in [0.5, 0.6) is 0 Å². The molecule has 2 aliphatic heterocycles. The molecule has 0 spiro atoms. The minimum absolute atomic E-state index is 0. The molecule has 0 bridgehead atoms. The summed E-state index contributed by atoms with van der Waals surface area (Å²) in [6, 6.07) is 0. The number of nitrogens with zero attached hydrogens (tertiary/aromatic N) is 4. The first-order chi connectivity index (χ1) is 15.8. The highest BCUT2D eigenvalue weighted by molar-refractivity contribution is 4.66. The van der Waals surface area contributed by atoms with Crippen molar-refractivity contribution in [2.24, 2.45) is 0 Å². The summed E-state index contributed by atoms with van der Waals surface area (Å²) < 4.78 is 17.0. The molecule has 0 amide bonds. The van der Waals surface area contributed by atoms with Crippen LogP contribution in [0.15, 0.2) is 0 Å². The van der Waals surface area contributed by atoms with Crippen LogP contribution in [0.4, 0.5) is 0 Å². The highest BCUT2D eigenvalue weighted by Gasteiger charge is 2.33. The molecule has 2 heterocycles. The molecule has 2 aliphatic rings. The van der Waals surface area contributed by atoms with E-state index in [1.54, 1.807) is 0 Å². The van der Waals surface area contributed by atoms with Crippen LogP contribution in [0.1, 0.15) is 51.4 Å². The molecular formula is C28H62I4N4O2. The summed E-state index contributed by atoms with van der Waals surface area (Å²) in [7, 11) is 18.4. The predicted octanol–water partition coefficient (Wildman–Crippen LogP) is -8.77. The van der Waals surface area contributed by atoms with Crippen LogP contribution < -0.4 is 95.9 Å². The lowest BCUT2D eigenvalue weighted by Crippen LogP contribution is -3.00. The van der Waals surface area contributed by atoms with Gasteiger partial charge in [-0.3, -0.25) is 0 Å². The van der Waals surface area contributed by atoms with E-state index < -0.39 is 0 Å². The topological polar surface area (TPSA) is 18.5 Å². The van der Waals surface area contributed by atoms with E-state index in [1.807, 2.05) is 0 Å². The van der Waals surface area contributed by atoms with Gasteiger partial charge in [0.15, 0.2) is 0 Å². The van der Waals surface area contributed by atoms with Gasteiger partial charge in [-0.15, -0.1) is 0 Å². The number of quaternary nitrogens is 4. The van der Waals surface area contributed by atoms with Gasteiger partial charge in [-0.05, 0) is 51.4 Å². The van der Waals surface area contributed by atoms with Gasteiger partial charge < -0.3 is 123 Å². The minimum Gasteiger partial charge on any atom is -1.00 e. The lowest BCUT2D eigenvalue weighted by molar-refractivity contribution is -0.918. The van der Waals surface area contributed by atoms with Crippen LogP contribution in [-0.4, -0.2) is 152 Å². The van der Waals surface area contributed by atoms with Crippen molar-refractivity contribution in [1.29, 1.82) is 0 Å². The lowest BCUT2D eigenvalue weighted by Gasteiger charge is -2.42. The number of halogens is 4. The quantitative estimate of drug-likeness (QED) is 0.0925. The number of hydrogen-bond donors (Lipinski definition) is 0. The second-order valence-corrected chi connectivity index (χ2v) is 14.2. The Kier molecular flexibility index (Phi) is 25.4. The van der Waals surface area contributed by atoms with Gasteiger partial charge in [-0.1, -0.05) is 0 Å². The summed E-state index contributed by atoms with van der Waals surface area (Å²) in [5, 5.41) is 0. The Hall–Kier alpha value is 2.68. The van der Waals surface area contributed by atoms with E-state index >= 15 is 0 Å². The highest BCUT2D eigenvalue weighted by Crippen LogP contribution is 2.22. The predicted molar refractivity (Wildman–Crippen MR) is 144 cm³/mol. The average molecular weight is 994 g/mol. The van der Waals surface area contributed by atoms with Crippen molar-refractivity contribution in [3.63, 3.8) is 0 Å². The Bertz CT molecular complexity index is 542. The van der Waals surface area contributed by atoms with Gasteiger partial charge in [0.2, 0.25) is 0 Å². The van der Waals surface area contributed by atoms with E-state index in [1.165, 1.54) is 99.6 Å². The first-order valence-corrected chi connectivity index (χ1v) is 14.3. The first-order valence-electron chi connectivity index (χ1n) is 14.3. The molecule has 0 radical (unpaired) electrons. The summed E-state index contributed by atoms with van der Waals surface area (Å²) in [4.78, 5) is 0. The largest absolute Gasteiger partial charge is 1.00 e. The number of hydrogen-bond acceptors (Lipinski definition) is 2. The maximum absolute atomic E-state index is 6.28. The van der Waals surface area contributed by atoms with Crippen molar-refractivity contribution in [3.05, 3.63) is 0 Å². The number of ether oxygens (including phenoxy) is 2. The van der Waals surface area contributed by atoms with Gasteiger partial charge in [0.25, 0.3) is 0 Å². The van der Waals surface area contributed by atoms with Gasteiger partial charge in [-0.2, -0.15) is 0 Å². The zero-order valence-electron chi connectivity index (χ0n) is 26.0. The van der Waals surface area contributed by atoms with E-state index in [-0.39, 0.29) is 95.9 Å². The van der Waals surface area contributed by atoms with Crippen LogP contribution >= 0.6 is 0 Å². The lowest BCUT2D eigenvalue weighted by atomic mass is 10.0. The molecule has 38 heavy (non-hydrogen) atoms. The molecule has 0 aliphatic carbocycles. The van der Waals surface area contributed by atoms with Crippen molar-refractivity contribution in [1.82, 2.24) is 0 Å². The number of unbranched alkanes of at least 4 members (excludes halogenated alkanes) is 3. The molecule has 2 saturated heterocycles. The Balaban J connectivity index is -0.00000306. The molecule has 0 aromatic heterocycles. The third-order valence-corrected chi connectivity index (χ3v) is 8.11. The minimum atomic E-state index is 0. The fourth-order valence-electron chi connectivity index (χ4n) is 5.76. The van der Waals surface area contributed by atoms with Crippen LogP contribution in [0.2, 0.25) is 0 Å². The molecule has 6 nitrogen and oxygen atoms in total. The smallest absolute Gasteiger partial charge is 0.107 e. The molecule has 0 aromatic carbocycles. The summed E-state index contributed by atoms with van der Waals surface area (Å²) in [5.41, 5.74) is 0. The zero-order chi connectivity index (χ0) is 25.3.